The van der Waals surface area contributed by atoms with Crippen LogP contribution < -0.4 is 16.0 Å². The van der Waals surface area contributed by atoms with E-state index in [4.69, 9.17) is 16.3 Å². The number of alkyl halides is 3. The molecule has 3 aliphatic carbocycles. The van der Waals surface area contributed by atoms with Gasteiger partial charge in [0, 0.05) is 87.8 Å². The van der Waals surface area contributed by atoms with Gasteiger partial charge in [0.2, 0.25) is 70.9 Å². The summed E-state index contributed by atoms with van der Waals surface area (Å²) < 4.78 is 47.5. The summed E-state index contributed by atoms with van der Waals surface area (Å²) in [5.74, 6) is -9.11. The van der Waals surface area contributed by atoms with Crippen molar-refractivity contribution in [3.05, 3.63) is 64.4 Å². The summed E-state index contributed by atoms with van der Waals surface area (Å²) in [6.07, 6.45) is 6.63. The Morgan fingerprint density at radius 3 is 1.91 bits per heavy atom. The molecule has 3 aliphatic heterocycles. The highest BCUT2D eigenvalue weighted by Gasteiger charge is 2.51. The fourth-order valence-corrected chi connectivity index (χ4v) is 16.0. The molecule has 1 unspecified atom stereocenters. The second-order valence-electron chi connectivity index (χ2n) is 29.7. The number of pyridine rings is 1. The molecule has 8 rings (SSSR count). The number of morpholine rings is 1. The summed E-state index contributed by atoms with van der Waals surface area (Å²) in [4.78, 5) is 196. The molecule has 0 bridgehead atoms. The number of benzene rings is 1. The third kappa shape index (κ3) is 19.8. The largest absolute Gasteiger partial charge is 0.417 e. The number of nitrogens with zero attached hydrogens (tertiary/aromatic N) is 10. The van der Waals surface area contributed by atoms with E-state index in [1.54, 1.807) is 19.1 Å². The van der Waals surface area contributed by atoms with Gasteiger partial charge in [0.15, 0.2) is 0 Å². The third-order valence-electron chi connectivity index (χ3n) is 22.7. The quantitative estimate of drug-likeness (QED) is 0.271. The van der Waals surface area contributed by atoms with Crippen LogP contribution in [0.5, 0.6) is 0 Å². The number of likely N-dealkylation sites (N-methyl/N-ethyl adjacent to an activating group) is 7. The number of aryl methyl sites for hydroxylation is 1. The molecule has 1 spiro atoms. The number of aromatic nitrogens is 1. The van der Waals surface area contributed by atoms with Gasteiger partial charge in [0.1, 0.15) is 53.9 Å². The number of hydrogen-bond donors (Lipinski definition) is 3. The summed E-state index contributed by atoms with van der Waals surface area (Å²) in [6, 6.07) is -3.89. The maximum Gasteiger partial charge on any atom is 0.417 e. The van der Waals surface area contributed by atoms with Gasteiger partial charge in [0.05, 0.1) is 43.3 Å². The molecule has 574 valence electrons. The van der Waals surface area contributed by atoms with Crippen LogP contribution in [0.2, 0.25) is 5.02 Å². The molecule has 2 aromatic rings. The Hall–Kier alpha value is -7.95. The first kappa shape index (κ1) is 81.7. The molecule has 30 heteroatoms. The van der Waals surface area contributed by atoms with E-state index in [1.165, 1.54) is 99.2 Å². The maximum atomic E-state index is 15.9. The Morgan fingerprint density at radius 1 is 0.683 bits per heavy atom. The number of carbonyl (C=O) groups is 12. The first-order chi connectivity index (χ1) is 49.3. The molecule has 3 saturated carbocycles. The molecule has 0 radical (unpaired) electrons. The van der Waals surface area contributed by atoms with Crippen LogP contribution in [0.1, 0.15) is 159 Å². The molecule has 6 fully saturated rings. The van der Waals surface area contributed by atoms with Crippen molar-refractivity contribution in [1.82, 2.24) is 65.0 Å². The molecule has 3 N–H and O–H groups in total. The molecule has 4 heterocycles. The van der Waals surface area contributed by atoms with Crippen molar-refractivity contribution in [2.45, 2.75) is 216 Å². The second-order valence-corrected chi connectivity index (χ2v) is 30.1. The van der Waals surface area contributed by atoms with Crippen molar-refractivity contribution in [3.8, 4) is 0 Å². The van der Waals surface area contributed by atoms with Gasteiger partial charge in [-0.15, -0.1) is 0 Å². The fourth-order valence-electron chi connectivity index (χ4n) is 15.6. The normalized spacial score (nSPS) is 26.9. The Bertz CT molecular complexity index is 3420. The zero-order chi connectivity index (χ0) is 76.1. The van der Waals surface area contributed by atoms with Crippen molar-refractivity contribution >= 4 is 82.5 Å². The zero-order valence-corrected chi connectivity index (χ0v) is 62.7. The lowest BCUT2D eigenvalue weighted by Gasteiger charge is -2.44. The van der Waals surface area contributed by atoms with Gasteiger partial charge < -0.3 is 64.8 Å². The predicted molar refractivity (Wildman–Crippen MR) is 379 cm³/mol. The van der Waals surface area contributed by atoms with E-state index in [0.29, 0.717) is 50.5 Å². The molecule has 26 nitrogen and oxygen atoms in total. The third-order valence-corrected chi connectivity index (χ3v) is 23.0. The first-order valence-corrected chi connectivity index (χ1v) is 37.3. The highest BCUT2D eigenvalue weighted by Crippen LogP contribution is 2.38. The molecular weight excluding hydrogens is 1370 g/mol. The van der Waals surface area contributed by atoms with Crippen molar-refractivity contribution in [2.75, 3.05) is 95.3 Å². The second kappa shape index (κ2) is 36.4. The number of ether oxygens (including phenoxy) is 1. The highest BCUT2D eigenvalue weighted by atomic mass is 35.5. The number of rotatable bonds is 11. The molecular formula is C74H107ClF3N13O13. The smallest absolute Gasteiger partial charge is 0.378 e. The summed E-state index contributed by atoms with van der Waals surface area (Å²) in [6.45, 7) is 4.65. The van der Waals surface area contributed by atoms with E-state index in [0.717, 1.165) is 70.3 Å². The maximum absolute atomic E-state index is 15.9. The van der Waals surface area contributed by atoms with E-state index in [2.05, 4.69) is 20.9 Å². The van der Waals surface area contributed by atoms with Crippen LogP contribution in [0.4, 0.5) is 13.2 Å². The van der Waals surface area contributed by atoms with Gasteiger partial charge in [0.25, 0.3) is 0 Å². The first-order valence-electron chi connectivity index (χ1n) is 36.9. The Balaban J connectivity index is 1.20. The lowest BCUT2D eigenvalue weighted by Crippen LogP contribution is -2.66. The predicted octanol–water partition coefficient (Wildman–Crippen LogP) is 4.86. The topological polar surface area (TPSA) is 292 Å². The molecule has 3 saturated heterocycles. The Morgan fingerprint density at radius 2 is 1.32 bits per heavy atom. The summed E-state index contributed by atoms with van der Waals surface area (Å²) in [5, 5.41) is 8.06. The standard InChI is InChI=1S/C74H107ClF3N13O13/c1-11-46(2)62-70(101)84(5)45-61(94)91-34-30-55(91)68(99)87(8)57(40-48-21-14-12-15-22-48)67(98)83(4)44-59(92)80-54(29-27-49-26-28-52(53(75)39-49)74(76,77)78)66(97)86(7)56(41-50-23-20-33-79-43-50)65(96)82-73(31-18-19-32-73)72(103)89(10)63(51-24-16-13-17-25-51)71(102)88(9)58(69(100)90-35-37-104-38-36-90)42-60(93)85(6)47(3)64(95)81-62/h20,23,26,28,33,39,43,46-48,51,54-58,62-63H,11-19,21-22,24-25,27,29-32,34-38,40-42,44-45H2,1-10H3,(H,80,92)(H,81,95)(H,82,96)/t46-,47-,54-,55?,56-,57-,58-,62-,63-/m0/s1. The minimum Gasteiger partial charge on any atom is -0.378 e. The monoisotopic (exact) mass is 1480 g/mol. The van der Waals surface area contributed by atoms with Gasteiger partial charge in [-0.1, -0.05) is 108 Å². The van der Waals surface area contributed by atoms with Crippen LogP contribution in [0.25, 0.3) is 0 Å². The van der Waals surface area contributed by atoms with E-state index in [1.807, 2.05) is 6.92 Å². The average Bonchev–Trinajstić information content (AvgIpc) is 1.33. The van der Waals surface area contributed by atoms with Crippen LogP contribution in [0.3, 0.4) is 0 Å². The lowest BCUT2D eigenvalue weighted by molar-refractivity contribution is -0.158. The number of halogens is 4. The summed E-state index contributed by atoms with van der Waals surface area (Å²) >= 11 is 6.20. The van der Waals surface area contributed by atoms with Gasteiger partial charge >= 0.3 is 6.18 Å². The molecule has 1 aromatic heterocycles. The van der Waals surface area contributed by atoms with E-state index in [9.17, 15) is 46.7 Å². The fraction of sp³-hybridized carbons (Fsp3) is 0.689. The van der Waals surface area contributed by atoms with Crippen LogP contribution >= 0.6 is 11.6 Å². The average molecular weight is 1480 g/mol. The lowest BCUT2D eigenvalue weighted by atomic mass is 9.81. The van der Waals surface area contributed by atoms with Gasteiger partial charge in [-0.05, 0) is 105 Å². The number of carbonyl (C=O) groups excluding carboxylic acids is 12. The number of nitrogens with one attached hydrogen (secondary N) is 3. The van der Waals surface area contributed by atoms with Gasteiger partial charge in [-0.25, -0.2) is 0 Å². The van der Waals surface area contributed by atoms with Crippen LogP contribution in [0.15, 0.2) is 42.7 Å². The van der Waals surface area contributed by atoms with Crippen molar-refractivity contribution in [2.24, 2.45) is 17.8 Å². The van der Waals surface area contributed by atoms with Gasteiger partial charge in [-0.3, -0.25) is 62.5 Å². The number of hydrogen-bond acceptors (Lipinski definition) is 14. The number of amides is 12. The van der Waals surface area contributed by atoms with Crippen LogP contribution in [0, 0.1) is 17.8 Å². The summed E-state index contributed by atoms with van der Waals surface area (Å²) in [5.41, 5.74) is -2.01. The molecule has 1 aromatic carbocycles. The van der Waals surface area contributed by atoms with Crippen molar-refractivity contribution in [3.63, 3.8) is 0 Å². The van der Waals surface area contributed by atoms with E-state index < -0.39 is 173 Å². The van der Waals surface area contributed by atoms with E-state index in [-0.39, 0.29) is 89.3 Å². The minimum absolute atomic E-state index is 0.00605. The van der Waals surface area contributed by atoms with Gasteiger partial charge in [-0.2, -0.15) is 13.2 Å². The zero-order valence-electron chi connectivity index (χ0n) is 62.0. The SMILES string of the molecule is CC[C@H](C)[C@@H]1NC(=O)[C@H](C)N(C)C(=O)C[C@@H](C(=O)N2CCOCC2)N(C)C(=O)[C@H](C2CCCCC2)N(C)C(=O)C2(CCCC2)NC(=O)[C@H](Cc2cccnc2)N(C)C(=O)[C@H](CCc2ccc(C(F)(F)F)c(Cl)c2)NC(=O)CN(C)C(=O)[C@H](CC2CCCCC2)N(C)C(=O)C2CCN2C(=O)CN(C)C1=O. The Kier molecular flexibility index (Phi) is 28.6. The molecule has 9 atom stereocenters. The molecule has 104 heavy (non-hydrogen) atoms. The van der Waals surface area contributed by atoms with Crippen molar-refractivity contribution in [1.29, 1.82) is 0 Å². The molecule has 12 amide bonds. The minimum atomic E-state index is -4.79. The highest BCUT2D eigenvalue weighted by molar-refractivity contribution is 6.31. The number of fused-ring (bicyclic) bond motifs is 1. The van der Waals surface area contributed by atoms with Crippen molar-refractivity contribution < 1.29 is 75.4 Å². The summed E-state index contributed by atoms with van der Waals surface area (Å²) in [7, 11) is 9.85. The van der Waals surface area contributed by atoms with Crippen LogP contribution in [-0.4, -0.2) is 269 Å². The van der Waals surface area contributed by atoms with E-state index >= 15 is 24.0 Å². The molecule has 6 aliphatic rings. The van der Waals surface area contributed by atoms with Crippen LogP contribution in [-0.2, 0) is 81.3 Å². The Labute approximate surface area is 613 Å².